The van der Waals surface area contributed by atoms with E-state index in [-0.39, 0.29) is 6.42 Å². The molecule has 0 spiro atoms. The molecule has 7 heteroatoms. The number of carbonyl (C=O) groups excluding carboxylic acids is 2. The summed E-state index contributed by atoms with van der Waals surface area (Å²) in [5.41, 5.74) is 1.47. The lowest BCUT2D eigenvalue weighted by Gasteiger charge is -2.14. The lowest BCUT2D eigenvalue weighted by atomic mass is 10.2. The van der Waals surface area contributed by atoms with E-state index in [0.29, 0.717) is 34.5 Å². The van der Waals surface area contributed by atoms with E-state index in [2.05, 4.69) is 5.32 Å². The molecule has 0 saturated carbocycles. The van der Waals surface area contributed by atoms with Crippen molar-refractivity contribution in [2.45, 2.75) is 32.8 Å². The largest absolute Gasteiger partial charge is 0.494 e. The third kappa shape index (κ3) is 7.12. The standard InChI is InChI=1S/C20H21Cl2NO4/c1-13-11-17(8-9-18(13)22)26-10-4-7-19(24)27-14(2)20(25)23-16-6-3-5-15(21)12-16/h3,5-6,8-9,11-12,14H,4,7,10H2,1-2H3,(H,23,25)/t14-/m1/s1. The van der Waals surface area contributed by atoms with E-state index in [9.17, 15) is 9.59 Å². The van der Waals surface area contributed by atoms with Gasteiger partial charge in [-0.2, -0.15) is 0 Å². The summed E-state index contributed by atoms with van der Waals surface area (Å²) in [6.07, 6.45) is -0.277. The number of rotatable bonds is 8. The first-order valence-corrected chi connectivity index (χ1v) is 9.25. The van der Waals surface area contributed by atoms with Crippen LogP contribution in [0.3, 0.4) is 0 Å². The number of amides is 1. The number of halogens is 2. The number of esters is 1. The second-order valence-electron chi connectivity index (χ2n) is 5.99. The first-order valence-electron chi connectivity index (χ1n) is 8.50. The zero-order valence-corrected chi connectivity index (χ0v) is 16.6. The van der Waals surface area contributed by atoms with Crippen LogP contribution >= 0.6 is 23.2 Å². The predicted molar refractivity (Wildman–Crippen MR) is 107 cm³/mol. The van der Waals surface area contributed by atoms with E-state index in [1.165, 1.54) is 6.92 Å². The van der Waals surface area contributed by atoms with Crippen LogP contribution in [0.15, 0.2) is 42.5 Å². The van der Waals surface area contributed by atoms with E-state index in [1.54, 1.807) is 36.4 Å². The minimum atomic E-state index is -0.906. The van der Waals surface area contributed by atoms with Gasteiger partial charge < -0.3 is 14.8 Å². The number of hydrogen-bond acceptors (Lipinski definition) is 4. The summed E-state index contributed by atoms with van der Waals surface area (Å²) >= 11 is 11.8. The fourth-order valence-corrected chi connectivity index (χ4v) is 2.54. The molecule has 0 aromatic heterocycles. The summed E-state index contributed by atoms with van der Waals surface area (Å²) in [6.45, 7) is 3.77. The SMILES string of the molecule is Cc1cc(OCCCC(=O)O[C@H](C)C(=O)Nc2cccc(Cl)c2)ccc1Cl. The van der Waals surface area contributed by atoms with Crippen molar-refractivity contribution in [2.24, 2.45) is 0 Å². The van der Waals surface area contributed by atoms with Gasteiger partial charge in [0.15, 0.2) is 6.10 Å². The third-order valence-electron chi connectivity index (χ3n) is 3.69. The van der Waals surface area contributed by atoms with Crippen LogP contribution < -0.4 is 10.1 Å². The molecule has 2 rings (SSSR count). The molecule has 0 aliphatic carbocycles. The molecule has 1 atom stereocenters. The van der Waals surface area contributed by atoms with Crippen molar-refractivity contribution in [1.82, 2.24) is 0 Å². The van der Waals surface area contributed by atoms with Crippen molar-refractivity contribution in [3.05, 3.63) is 58.1 Å². The van der Waals surface area contributed by atoms with Gasteiger partial charge in [0.25, 0.3) is 5.91 Å². The van der Waals surface area contributed by atoms with Crippen molar-refractivity contribution in [1.29, 1.82) is 0 Å². The molecule has 0 radical (unpaired) electrons. The Bertz CT molecular complexity index is 810. The van der Waals surface area contributed by atoms with Crippen molar-refractivity contribution >= 4 is 40.8 Å². The second-order valence-corrected chi connectivity index (χ2v) is 6.84. The van der Waals surface area contributed by atoms with Gasteiger partial charge in [0.05, 0.1) is 6.61 Å². The highest BCUT2D eigenvalue weighted by atomic mass is 35.5. The molecule has 0 saturated heterocycles. The predicted octanol–water partition coefficient (Wildman–Crippen LogP) is 5.03. The Kier molecular flexibility index (Phi) is 7.95. The Morgan fingerprint density at radius 2 is 1.93 bits per heavy atom. The number of carbonyl (C=O) groups is 2. The Labute approximate surface area is 168 Å². The fourth-order valence-electron chi connectivity index (χ4n) is 2.23. The van der Waals surface area contributed by atoms with E-state index >= 15 is 0 Å². The summed E-state index contributed by atoms with van der Waals surface area (Å²) in [6, 6.07) is 12.1. The summed E-state index contributed by atoms with van der Waals surface area (Å²) < 4.78 is 10.7. The number of ether oxygens (including phenoxy) is 2. The Balaban J connectivity index is 1.69. The minimum Gasteiger partial charge on any atom is -0.494 e. The maximum absolute atomic E-state index is 12.1. The van der Waals surface area contributed by atoms with Gasteiger partial charge in [-0.1, -0.05) is 29.3 Å². The van der Waals surface area contributed by atoms with Gasteiger partial charge in [0.2, 0.25) is 0 Å². The maximum atomic E-state index is 12.1. The molecular formula is C20H21Cl2NO4. The quantitative estimate of drug-likeness (QED) is 0.490. The lowest BCUT2D eigenvalue weighted by molar-refractivity contribution is -0.153. The first kappa shape index (κ1) is 21.1. The van der Waals surface area contributed by atoms with E-state index < -0.39 is 18.0 Å². The van der Waals surface area contributed by atoms with Gasteiger partial charge in [0, 0.05) is 22.2 Å². The van der Waals surface area contributed by atoms with Gasteiger partial charge in [-0.05, 0) is 62.2 Å². The molecule has 27 heavy (non-hydrogen) atoms. The maximum Gasteiger partial charge on any atom is 0.306 e. The smallest absolute Gasteiger partial charge is 0.306 e. The zero-order valence-electron chi connectivity index (χ0n) is 15.1. The number of aryl methyl sites for hydroxylation is 1. The summed E-state index contributed by atoms with van der Waals surface area (Å²) in [7, 11) is 0. The van der Waals surface area contributed by atoms with Gasteiger partial charge in [-0.15, -0.1) is 0 Å². The summed E-state index contributed by atoms with van der Waals surface area (Å²) in [5, 5.41) is 3.83. The first-order chi connectivity index (χ1) is 12.8. The molecule has 5 nitrogen and oxygen atoms in total. The number of anilines is 1. The van der Waals surface area contributed by atoms with E-state index in [0.717, 1.165) is 5.56 Å². The molecule has 0 bridgehead atoms. The van der Waals surface area contributed by atoms with Crippen LogP contribution in [0.25, 0.3) is 0 Å². The summed E-state index contributed by atoms with van der Waals surface area (Å²) in [5.74, 6) is -0.183. The Morgan fingerprint density at radius 1 is 1.15 bits per heavy atom. The van der Waals surface area contributed by atoms with Gasteiger partial charge in [-0.25, -0.2) is 0 Å². The van der Waals surface area contributed by atoms with Crippen LogP contribution in [-0.2, 0) is 14.3 Å². The minimum absolute atomic E-state index is 0.154. The van der Waals surface area contributed by atoms with Crippen molar-refractivity contribution in [2.75, 3.05) is 11.9 Å². The topological polar surface area (TPSA) is 64.6 Å². The van der Waals surface area contributed by atoms with Gasteiger partial charge in [0.1, 0.15) is 5.75 Å². The van der Waals surface area contributed by atoms with Gasteiger partial charge in [-0.3, -0.25) is 9.59 Å². The number of hydrogen-bond donors (Lipinski definition) is 1. The molecule has 0 aliphatic rings. The van der Waals surface area contributed by atoms with Crippen LogP contribution in [0.1, 0.15) is 25.3 Å². The Hall–Kier alpha value is -2.24. The molecule has 144 valence electrons. The van der Waals surface area contributed by atoms with Crippen LogP contribution in [0, 0.1) is 6.92 Å². The number of benzene rings is 2. The van der Waals surface area contributed by atoms with Crippen LogP contribution in [0.4, 0.5) is 5.69 Å². The van der Waals surface area contributed by atoms with E-state index in [1.807, 2.05) is 13.0 Å². The molecule has 0 heterocycles. The average Bonchev–Trinajstić information content (AvgIpc) is 2.61. The zero-order chi connectivity index (χ0) is 19.8. The molecule has 2 aromatic rings. The molecule has 1 N–H and O–H groups in total. The van der Waals surface area contributed by atoms with E-state index in [4.69, 9.17) is 32.7 Å². The van der Waals surface area contributed by atoms with Crippen LogP contribution in [-0.4, -0.2) is 24.6 Å². The number of nitrogens with one attached hydrogen (secondary N) is 1. The second kappa shape index (κ2) is 10.2. The lowest BCUT2D eigenvalue weighted by Crippen LogP contribution is -2.30. The molecule has 0 fully saturated rings. The molecule has 0 unspecified atom stereocenters. The molecule has 0 aliphatic heterocycles. The summed E-state index contributed by atoms with van der Waals surface area (Å²) in [4.78, 5) is 23.9. The van der Waals surface area contributed by atoms with Crippen LogP contribution in [0.5, 0.6) is 5.75 Å². The Morgan fingerprint density at radius 3 is 2.63 bits per heavy atom. The highest BCUT2D eigenvalue weighted by Gasteiger charge is 2.17. The fraction of sp³-hybridized carbons (Fsp3) is 0.300. The van der Waals surface area contributed by atoms with Crippen LogP contribution in [0.2, 0.25) is 10.0 Å². The monoisotopic (exact) mass is 409 g/mol. The van der Waals surface area contributed by atoms with Crippen molar-refractivity contribution in [3.63, 3.8) is 0 Å². The molecule has 1 amide bonds. The molecular weight excluding hydrogens is 389 g/mol. The molecule has 2 aromatic carbocycles. The highest BCUT2D eigenvalue weighted by molar-refractivity contribution is 6.31. The van der Waals surface area contributed by atoms with Gasteiger partial charge >= 0.3 is 5.97 Å². The third-order valence-corrected chi connectivity index (χ3v) is 4.35. The van der Waals surface area contributed by atoms with Crippen molar-refractivity contribution < 1.29 is 19.1 Å². The van der Waals surface area contributed by atoms with Crippen molar-refractivity contribution in [3.8, 4) is 5.75 Å². The normalized spacial score (nSPS) is 11.6. The average molecular weight is 410 g/mol. The highest BCUT2D eigenvalue weighted by Crippen LogP contribution is 2.21.